The van der Waals surface area contributed by atoms with Crippen LogP contribution in [0.3, 0.4) is 0 Å². The monoisotopic (exact) mass is 158 g/mol. The van der Waals surface area contributed by atoms with Crippen molar-refractivity contribution >= 4 is 0 Å². The molecular formula is C9H18O2. The van der Waals surface area contributed by atoms with E-state index in [0.29, 0.717) is 6.61 Å². The van der Waals surface area contributed by atoms with Gasteiger partial charge in [0.25, 0.3) is 0 Å². The summed E-state index contributed by atoms with van der Waals surface area (Å²) in [6, 6.07) is 0. The number of rotatable bonds is 6. The molecule has 0 aliphatic heterocycles. The lowest BCUT2D eigenvalue weighted by Gasteiger charge is -2.13. The minimum Gasteiger partial charge on any atom is -0.396 e. The molecule has 1 N–H and O–H groups in total. The van der Waals surface area contributed by atoms with Crippen LogP contribution in [0.15, 0.2) is 0 Å². The fourth-order valence-electron chi connectivity index (χ4n) is 1.62. The molecule has 0 spiro atoms. The van der Waals surface area contributed by atoms with Crippen molar-refractivity contribution in [3.63, 3.8) is 0 Å². The summed E-state index contributed by atoms with van der Waals surface area (Å²) in [5, 5.41) is 8.77. The summed E-state index contributed by atoms with van der Waals surface area (Å²) < 4.78 is 5.01. The van der Waals surface area contributed by atoms with Gasteiger partial charge >= 0.3 is 0 Å². The lowest BCUT2D eigenvalue weighted by molar-refractivity contribution is 0.158. The van der Waals surface area contributed by atoms with E-state index >= 15 is 0 Å². The molecule has 0 bridgehead atoms. The summed E-state index contributed by atoms with van der Waals surface area (Å²) in [5.41, 5.74) is 0. The standard InChI is InChI=1S/C9H18O2/c1-11-7-5-9(4-6-10)8-2-3-8/h8-10H,2-7H2,1H3. The van der Waals surface area contributed by atoms with E-state index in [2.05, 4.69) is 0 Å². The normalized spacial score (nSPS) is 20.2. The van der Waals surface area contributed by atoms with Gasteiger partial charge in [-0.2, -0.15) is 0 Å². The third-order valence-electron chi connectivity index (χ3n) is 2.48. The predicted molar refractivity (Wildman–Crippen MR) is 44.4 cm³/mol. The average molecular weight is 158 g/mol. The Morgan fingerprint density at radius 3 is 2.64 bits per heavy atom. The van der Waals surface area contributed by atoms with Crippen molar-refractivity contribution in [3.05, 3.63) is 0 Å². The Balaban J connectivity index is 2.10. The van der Waals surface area contributed by atoms with Gasteiger partial charge in [-0.25, -0.2) is 0 Å². The molecule has 1 rings (SSSR count). The fraction of sp³-hybridized carbons (Fsp3) is 1.00. The molecule has 1 aliphatic carbocycles. The lowest BCUT2D eigenvalue weighted by atomic mass is 9.97. The molecule has 66 valence electrons. The largest absolute Gasteiger partial charge is 0.396 e. The Morgan fingerprint density at radius 2 is 2.18 bits per heavy atom. The van der Waals surface area contributed by atoms with E-state index < -0.39 is 0 Å². The Labute approximate surface area is 68.6 Å². The number of methoxy groups -OCH3 is 1. The molecule has 1 saturated carbocycles. The van der Waals surface area contributed by atoms with Crippen molar-refractivity contribution in [2.24, 2.45) is 11.8 Å². The molecule has 2 nitrogen and oxygen atoms in total. The van der Waals surface area contributed by atoms with Gasteiger partial charge in [0.2, 0.25) is 0 Å². The highest BCUT2D eigenvalue weighted by molar-refractivity contribution is 4.80. The number of aliphatic hydroxyl groups excluding tert-OH is 1. The quantitative estimate of drug-likeness (QED) is 0.633. The van der Waals surface area contributed by atoms with E-state index in [1.807, 2.05) is 0 Å². The highest BCUT2D eigenvalue weighted by Gasteiger charge is 2.29. The SMILES string of the molecule is COCCC(CCO)C1CC1. The Morgan fingerprint density at radius 1 is 1.45 bits per heavy atom. The molecule has 0 heterocycles. The smallest absolute Gasteiger partial charge is 0.0465 e. The van der Waals surface area contributed by atoms with E-state index in [-0.39, 0.29) is 0 Å². The van der Waals surface area contributed by atoms with Crippen molar-refractivity contribution in [3.8, 4) is 0 Å². The van der Waals surface area contributed by atoms with Crippen LogP contribution in [0.5, 0.6) is 0 Å². The molecule has 11 heavy (non-hydrogen) atoms. The van der Waals surface area contributed by atoms with E-state index in [0.717, 1.165) is 31.3 Å². The second-order valence-corrected chi connectivity index (χ2v) is 3.39. The summed E-state index contributed by atoms with van der Waals surface area (Å²) in [6.45, 7) is 1.19. The average Bonchev–Trinajstić information content (AvgIpc) is 2.80. The number of hydrogen-bond donors (Lipinski definition) is 1. The zero-order valence-corrected chi connectivity index (χ0v) is 7.25. The zero-order chi connectivity index (χ0) is 8.10. The predicted octanol–water partition coefficient (Wildman–Crippen LogP) is 1.43. The van der Waals surface area contributed by atoms with E-state index in [1.165, 1.54) is 12.8 Å². The van der Waals surface area contributed by atoms with Crippen LogP contribution in [0, 0.1) is 11.8 Å². The molecule has 0 aromatic heterocycles. The van der Waals surface area contributed by atoms with Gasteiger partial charge in [-0.15, -0.1) is 0 Å². The first-order chi connectivity index (χ1) is 5.38. The van der Waals surface area contributed by atoms with Crippen LogP contribution in [0.1, 0.15) is 25.7 Å². The van der Waals surface area contributed by atoms with Gasteiger partial charge in [0.1, 0.15) is 0 Å². The number of ether oxygens (including phenoxy) is 1. The lowest BCUT2D eigenvalue weighted by Crippen LogP contribution is -2.08. The van der Waals surface area contributed by atoms with Crippen LogP contribution in [-0.4, -0.2) is 25.4 Å². The Bertz CT molecular complexity index is 99.7. The second-order valence-electron chi connectivity index (χ2n) is 3.39. The van der Waals surface area contributed by atoms with Crippen LogP contribution in [0.4, 0.5) is 0 Å². The highest BCUT2D eigenvalue weighted by Crippen LogP contribution is 2.39. The number of hydrogen-bond acceptors (Lipinski definition) is 2. The molecule has 1 unspecified atom stereocenters. The summed E-state index contributed by atoms with van der Waals surface area (Å²) >= 11 is 0. The first-order valence-electron chi connectivity index (χ1n) is 4.48. The molecule has 2 heteroatoms. The van der Waals surface area contributed by atoms with Crippen LogP contribution >= 0.6 is 0 Å². The van der Waals surface area contributed by atoms with Crippen LogP contribution in [0.25, 0.3) is 0 Å². The maximum Gasteiger partial charge on any atom is 0.0465 e. The second kappa shape index (κ2) is 4.73. The minimum atomic E-state index is 0.338. The van der Waals surface area contributed by atoms with E-state index in [9.17, 15) is 0 Å². The molecule has 1 fully saturated rings. The van der Waals surface area contributed by atoms with Crippen molar-refractivity contribution in [1.82, 2.24) is 0 Å². The molecule has 0 saturated heterocycles. The van der Waals surface area contributed by atoms with Crippen LogP contribution in [-0.2, 0) is 4.74 Å². The minimum absolute atomic E-state index is 0.338. The van der Waals surface area contributed by atoms with Gasteiger partial charge in [-0.3, -0.25) is 0 Å². The Hall–Kier alpha value is -0.0800. The van der Waals surface area contributed by atoms with Gasteiger partial charge in [0.15, 0.2) is 0 Å². The zero-order valence-electron chi connectivity index (χ0n) is 7.25. The maximum absolute atomic E-state index is 8.77. The van der Waals surface area contributed by atoms with E-state index in [1.54, 1.807) is 7.11 Å². The molecule has 0 aromatic carbocycles. The van der Waals surface area contributed by atoms with Gasteiger partial charge in [-0.1, -0.05) is 0 Å². The van der Waals surface area contributed by atoms with Crippen molar-refractivity contribution in [2.45, 2.75) is 25.7 Å². The first-order valence-corrected chi connectivity index (χ1v) is 4.48. The topological polar surface area (TPSA) is 29.5 Å². The summed E-state index contributed by atoms with van der Waals surface area (Å²) in [5.74, 6) is 1.62. The maximum atomic E-state index is 8.77. The van der Waals surface area contributed by atoms with Gasteiger partial charge in [0, 0.05) is 20.3 Å². The molecule has 0 aromatic rings. The third kappa shape index (κ3) is 3.21. The van der Waals surface area contributed by atoms with E-state index in [4.69, 9.17) is 9.84 Å². The third-order valence-corrected chi connectivity index (χ3v) is 2.48. The molecule has 1 aliphatic rings. The summed E-state index contributed by atoms with van der Waals surface area (Å²) in [6.07, 6.45) is 4.83. The van der Waals surface area contributed by atoms with Crippen LogP contribution < -0.4 is 0 Å². The van der Waals surface area contributed by atoms with Crippen LogP contribution in [0.2, 0.25) is 0 Å². The first kappa shape index (κ1) is 9.01. The molecule has 1 atom stereocenters. The summed E-state index contributed by atoms with van der Waals surface area (Å²) in [4.78, 5) is 0. The molecule has 0 amide bonds. The number of aliphatic hydroxyl groups is 1. The molecule has 0 radical (unpaired) electrons. The van der Waals surface area contributed by atoms with Crippen molar-refractivity contribution in [1.29, 1.82) is 0 Å². The van der Waals surface area contributed by atoms with Gasteiger partial charge < -0.3 is 9.84 Å². The molecular weight excluding hydrogens is 140 g/mol. The fourth-order valence-corrected chi connectivity index (χ4v) is 1.62. The van der Waals surface area contributed by atoms with Gasteiger partial charge in [0.05, 0.1) is 0 Å². The van der Waals surface area contributed by atoms with Crippen molar-refractivity contribution in [2.75, 3.05) is 20.3 Å². The Kier molecular flexibility index (Phi) is 3.87. The van der Waals surface area contributed by atoms with Gasteiger partial charge in [-0.05, 0) is 37.5 Å². The van der Waals surface area contributed by atoms with Crippen molar-refractivity contribution < 1.29 is 9.84 Å². The highest BCUT2D eigenvalue weighted by atomic mass is 16.5. The summed E-state index contributed by atoms with van der Waals surface area (Å²) in [7, 11) is 1.74.